The third-order valence-electron chi connectivity index (χ3n) is 5.14. The molecule has 30 heavy (non-hydrogen) atoms. The van der Waals surface area contributed by atoms with Crippen molar-refractivity contribution in [1.29, 1.82) is 0 Å². The van der Waals surface area contributed by atoms with Gasteiger partial charge in [-0.3, -0.25) is 0 Å². The fraction of sp³-hybridized carbons (Fsp3) is 0.462. The second-order valence-electron chi connectivity index (χ2n) is 7.52. The molecule has 1 unspecified atom stereocenters. The van der Waals surface area contributed by atoms with Crippen LogP contribution in [0.1, 0.15) is 97.6 Å². The predicted molar refractivity (Wildman–Crippen MR) is 120 cm³/mol. The summed E-state index contributed by atoms with van der Waals surface area (Å²) in [6, 6.07) is 16.3. The first-order chi connectivity index (χ1) is 14.7. The maximum atomic E-state index is 12.8. The minimum Gasteiger partial charge on any atom is -0.462 e. The summed E-state index contributed by atoms with van der Waals surface area (Å²) in [5.41, 5.74) is 1.44. The van der Waals surface area contributed by atoms with Crippen molar-refractivity contribution in [3.8, 4) is 0 Å². The van der Waals surface area contributed by atoms with Gasteiger partial charge in [0.15, 0.2) is 0 Å². The number of unbranched alkanes of at least 4 members (excludes halogenated alkanes) is 6. The molecule has 0 saturated heterocycles. The largest absolute Gasteiger partial charge is 0.462 e. The molecule has 0 N–H and O–H groups in total. The number of hydrogen-bond donors (Lipinski definition) is 0. The van der Waals surface area contributed by atoms with Gasteiger partial charge in [-0.15, -0.1) is 0 Å². The van der Waals surface area contributed by atoms with E-state index in [0.717, 1.165) is 18.4 Å². The maximum absolute atomic E-state index is 12.8. The maximum Gasteiger partial charge on any atom is 0.339 e. The van der Waals surface area contributed by atoms with Crippen molar-refractivity contribution in [2.75, 3.05) is 6.61 Å². The molecular weight excluding hydrogens is 376 g/mol. The molecule has 0 saturated carbocycles. The minimum atomic E-state index is -0.505. The fourth-order valence-electron chi connectivity index (χ4n) is 3.39. The fourth-order valence-corrected chi connectivity index (χ4v) is 3.39. The van der Waals surface area contributed by atoms with E-state index in [1.807, 2.05) is 37.3 Å². The van der Waals surface area contributed by atoms with Crippen LogP contribution >= 0.6 is 0 Å². The van der Waals surface area contributed by atoms with Crippen LogP contribution in [0, 0.1) is 0 Å². The second-order valence-corrected chi connectivity index (χ2v) is 7.52. The third-order valence-corrected chi connectivity index (χ3v) is 5.14. The number of ether oxygens (including phenoxy) is 2. The van der Waals surface area contributed by atoms with Gasteiger partial charge in [0.1, 0.15) is 6.10 Å². The molecule has 2 aromatic rings. The molecule has 4 nitrogen and oxygen atoms in total. The Kier molecular flexibility index (Phi) is 10.7. The summed E-state index contributed by atoms with van der Waals surface area (Å²) in [5.74, 6) is -0.976. The highest BCUT2D eigenvalue weighted by Crippen LogP contribution is 2.23. The SMILES string of the molecule is CCCCCCCCCOC(=O)c1ccccc1C(=O)OC(CC)c1ccccc1. The van der Waals surface area contributed by atoms with Crippen molar-refractivity contribution in [1.82, 2.24) is 0 Å². The molecule has 162 valence electrons. The average molecular weight is 411 g/mol. The summed E-state index contributed by atoms with van der Waals surface area (Å²) >= 11 is 0. The molecule has 0 radical (unpaired) electrons. The number of esters is 2. The summed E-state index contributed by atoms with van der Waals surface area (Å²) in [5, 5.41) is 0. The van der Waals surface area contributed by atoms with Gasteiger partial charge in [0, 0.05) is 0 Å². The van der Waals surface area contributed by atoms with Crippen LogP contribution in [-0.2, 0) is 9.47 Å². The van der Waals surface area contributed by atoms with Gasteiger partial charge < -0.3 is 9.47 Å². The zero-order valence-electron chi connectivity index (χ0n) is 18.3. The van der Waals surface area contributed by atoms with E-state index >= 15 is 0 Å². The van der Waals surface area contributed by atoms with E-state index < -0.39 is 11.9 Å². The lowest BCUT2D eigenvalue weighted by molar-refractivity contribution is 0.0277. The Balaban J connectivity index is 1.89. The standard InChI is InChI=1S/C26H34O4/c1-3-5-6-7-8-9-15-20-29-25(27)22-18-13-14-19-23(22)26(28)30-24(4-2)21-16-11-10-12-17-21/h10-14,16-19,24H,3-9,15,20H2,1-2H3. The Morgan fingerprint density at radius 1 is 0.733 bits per heavy atom. The molecule has 4 heteroatoms. The third kappa shape index (κ3) is 7.66. The van der Waals surface area contributed by atoms with Crippen molar-refractivity contribution >= 4 is 11.9 Å². The highest BCUT2D eigenvalue weighted by Gasteiger charge is 2.22. The van der Waals surface area contributed by atoms with Crippen molar-refractivity contribution in [2.24, 2.45) is 0 Å². The Hall–Kier alpha value is -2.62. The average Bonchev–Trinajstić information content (AvgIpc) is 2.79. The normalized spacial score (nSPS) is 11.7. The molecule has 1 atom stereocenters. The monoisotopic (exact) mass is 410 g/mol. The number of carbonyl (C=O) groups excluding carboxylic acids is 2. The van der Waals surface area contributed by atoms with E-state index in [2.05, 4.69) is 6.92 Å². The first kappa shape index (κ1) is 23.7. The molecule has 2 aromatic carbocycles. The Labute approximate surface area is 180 Å². The second kappa shape index (κ2) is 13.6. The van der Waals surface area contributed by atoms with Gasteiger partial charge in [-0.05, 0) is 30.5 Å². The van der Waals surface area contributed by atoms with Crippen LogP contribution in [0.2, 0.25) is 0 Å². The van der Waals surface area contributed by atoms with Crippen LogP contribution < -0.4 is 0 Å². The van der Waals surface area contributed by atoms with E-state index in [1.54, 1.807) is 24.3 Å². The van der Waals surface area contributed by atoms with Gasteiger partial charge in [0.2, 0.25) is 0 Å². The summed E-state index contributed by atoms with van der Waals surface area (Å²) in [4.78, 5) is 25.3. The van der Waals surface area contributed by atoms with Crippen LogP contribution in [-0.4, -0.2) is 18.5 Å². The van der Waals surface area contributed by atoms with E-state index in [9.17, 15) is 9.59 Å². The van der Waals surface area contributed by atoms with Crippen LogP contribution in [0.15, 0.2) is 54.6 Å². The van der Waals surface area contributed by atoms with Gasteiger partial charge in [-0.25, -0.2) is 9.59 Å². The smallest absolute Gasteiger partial charge is 0.339 e. The highest BCUT2D eigenvalue weighted by molar-refractivity contribution is 6.03. The number of benzene rings is 2. The Morgan fingerprint density at radius 3 is 1.93 bits per heavy atom. The summed E-state index contributed by atoms with van der Waals surface area (Å²) in [7, 11) is 0. The lowest BCUT2D eigenvalue weighted by Gasteiger charge is -2.17. The minimum absolute atomic E-state index is 0.247. The molecule has 0 aromatic heterocycles. The van der Waals surface area contributed by atoms with E-state index in [0.29, 0.717) is 13.0 Å². The van der Waals surface area contributed by atoms with E-state index in [1.165, 1.54) is 32.1 Å². The van der Waals surface area contributed by atoms with Gasteiger partial charge in [-0.1, -0.05) is 94.8 Å². The molecular formula is C26H34O4. The number of carbonyl (C=O) groups is 2. The molecule has 0 heterocycles. The van der Waals surface area contributed by atoms with Crippen molar-refractivity contribution in [3.63, 3.8) is 0 Å². The van der Waals surface area contributed by atoms with Gasteiger partial charge >= 0.3 is 11.9 Å². The van der Waals surface area contributed by atoms with Gasteiger partial charge in [0.05, 0.1) is 17.7 Å². The molecule has 2 rings (SSSR count). The van der Waals surface area contributed by atoms with Crippen LogP contribution in [0.25, 0.3) is 0 Å². The molecule has 0 fully saturated rings. The first-order valence-corrected chi connectivity index (χ1v) is 11.2. The number of rotatable bonds is 13. The van der Waals surface area contributed by atoms with Crippen molar-refractivity contribution in [3.05, 3.63) is 71.3 Å². The van der Waals surface area contributed by atoms with Crippen LogP contribution in [0.5, 0.6) is 0 Å². The Morgan fingerprint density at radius 2 is 1.30 bits per heavy atom. The molecule has 0 bridgehead atoms. The predicted octanol–water partition coefficient (Wildman–Crippen LogP) is 6.90. The summed E-state index contributed by atoms with van der Waals surface area (Å²) < 4.78 is 11.1. The molecule has 0 spiro atoms. The van der Waals surface area contributed by atoms with Crippen LogP contribution in [0.4, 0.5) is 0 Å². The first-order valence-electron chi connectivity index (χ1n) is 11.2. The zero-order chi connectivity index (χ0) is 21.6. The molecule has 0 aliphatic carbocycles. The van der Waals surface area contributed by atoms with Crippen molar-refractivity contribution < 1.29 is 19.1 Å². The topological polar surface area (TPSA) is 52.6 Å². The Bertz CT molecular complexity index is 770. The van der Waals surface area contributed by atoms with E-state index in [-0.39, 0.29) is 17.2 Å². The number of hydrogen-bond acceptors (Lipinski definition) is 4. The van der Waals surface area contributed by atoms with E-state index in [4.69, 9.17) is 9.47 Å². The molecule has 0 aliphatic rings. The lowest BCUT2D eigenvalue weighted by atomic mass is 10.1. The van der Waals surface area contributed by atoms with Crippen molar-refractivity contribution in [2.45, 2.75) is 71.3 Å². The molecule has 0 amide bonds. The molecule has 0 aliphatic heterocycles. The quantitative estimate of drug-likeness (QED) is 0.266. The van der Waals surface area contributed by atoms with Gasteiger partial charge in [-0.2, -0.15) is 0 Å². The van der Waals surface area contributed by atoms with Crippen LogP contribution in [0.3, 0.4) is 0 Å². The zero-order valence-corrected chi connectivity index (χ0v) is 18.3. The highest BCUT2D eigenvalue weighted by atomic mass is 16.5. The lowest BCUT2D eigenvalue weighted by Crippen LogP contribution is -2.16. The summed E-state index contributed by atoms with van der Waals surface area (Å²) in [6.45, 7) is 4.54. The van der Waals surface area contributed by atoms with Gasteiger partial charge in [0.25, 0.3) is 0 Å². The summed E-state index contributed by atoms with van der Waals surface area (Å²) in [6.07, 6.45) is 8.39.